The van der Waals surface area contributed by atoms with E-state index in [4.69, 9.17) is 0 Å². The van der Waals surface area contributed by atoms with Crippen molar-refractivity contribution in [2.75, 3.05) is 6.54 Å². The van der Waals surface area contributed by atoms with E-state index in [1.165, 1.54) is 12.4 Å². The Morgan fingerprint density at radius 1 is 1.16 bits per heavy atom. The molecule has 98 valence electrons. The number of amides is 1. The number of halogens is 2. The van der Waals surface area contributed by atoms with Gasteiger partial charge in [-0.05, 0) is 30.2 Å². The minimum absolute atomic E-state index is 0.0863. The van der Waals surface area contributed by atoms with Crippen molar-refractivity contribution >= 4 is 5.91 Å². The molecule has 0 aliphatic carbocycles. The van der Waals surface area contributed by atoms with E-state index in [9.17, 15) is 13.6 Å². The van der Waals surface area contributed by atoms with Crippen LogP contribution in [-0.4, -0.2) is 22.4 Å². The van der Waals surface area contributed by atoms with E-state index in [1.54, 1.807) is 12.4 Å². The Hall–Kier alpha value is -2.37. The van der Waals surface area contributed by atoms with Crippen LogP contribution in [0.25, 0.3) is 0 Å². The van der Waals surface area contributed by atoms with Crippen LogP contribution in [0.1, 0.15) is 15.9 Å². The van der Waals surface area contributed by atoms with Crippen LogP contribution in [0.15, 0.2) is 36.9 Å². The highest BCUT2D eigenvalue weighted by molar-refractivity contribution is 5.94. The number of hydrogen-bond donors (Lipinski definition) is 1. The van der Waals surface area contributed by atoms with Gasteiger partial charge in [-0.1, -0.05) is 0 Å². The van der Waals surface area contributed by atoms with Crippen molar-refractivity contribution in [3.63, 3.8) is 0 Å². The molecule has 0 fully saturated rings. The first-order chi connectivity index (χ1) is 9.16. The summed E-state index contributed by atoms with van der Waals surface area (Å²) in [6.07, 6.45) is 5.28. The van der Waals surface area contributed by atoms with Crippen LogP contribution in [0.3, 0.4) is 0 Å². The zero-order valence-electron chi connectivity index (χ0n) is 9.94. The number of benzene rings is 1. The van der Waals surface area contributed by atoms with E-state index in [-0.39, 0.29) is 5.56 Å². The summed E-state index contributed by atoms with van der Waals surface area (Å²) in [6.45, 7) is 0.366. The predicted octanol–water partition coefficient (Wildman–Crippen LogP) is 1.73. The molecule has 0 saturated heterocycles. The second-order valence-electron chi connectivity index (χ2n) is 3.88. The summed E-state index contributed by atoms with van der Waals surface area (Å²) in [4.78, 5) is 19.4. The van der Waals surface area contributed by atoms with Gasteiger partial charge in [0.05, 0.1) is 0 Å². The number of carbonyl (C=O) groups is 1. The molecule has 0 aliphatic rings. The van der Waals surface area contributed by atoms with Crippen LogP contribution in [-0.2, 0) is 6.42 Å². The predicted molar refractivity (Wildman–Crippen MR) is 64.4 cm³/mol. The van der Waals surface area contributed by atoms with Crippen LogP contribution < -0.4 is 5.32 Å². The monoisotopic (exact) mass is 263 g/mol. The topological polar surface area (TPSA) is 54.9 Å². The summed E-state index contributed by atoms with van der Waals surface area (Å²) in [5.74, 6) is -2.46. The normalized spacial score (nSPS) is 10.2. The summed E-state index contributed by atoms with van der Waals surface area (Å²) < 4.78 is 25.7. The highest BCUT2D eigenvalue weighted by atomic mass is 19.2. The van der Waals surface area contributed by atoms with Gasteiger partial charge in [-0.2, -0.15) is 0 Å². The molecule has 2 aromatic rings. The van der Waals surface area contributed by atoms with Crippen LogP contribution >= 0.6 is 0 Å². The number of carbonyl (C=O) groups excluding carboxylic acids is 1. The SMILES string of the molecule is O=C(NCCc1cncnc1)c1ccc(F)c(F)c1. The maximum Gasteiger partial charge on any atom is 0.251 e. The molecule has 0 spiro atoms. The third-order valence-electron chi connectivity index (χ3n) is 2.50. The van der Waals surface area contributed by atoms with Crippen molar-refractivity contribution in [2.45, 2.75) is 6.42 Å². The lowest BCUT2D eigenvalue weighted by Gasteiger charge is -2.05. The average Bonchev–Trinajstić information content (AvgIpc) is 2.43. The Morgan fingerprint density at radius 2 is 1.89 bits per heavy atom. The number of rotatable bonds is 4. The first-order valence-corrected chi connectivity index (χ1v) is 5.64. The molecule has 0 aliphatic heterocycles. The summed E-state index contributed by atoms with van der Waals surface area (Å²) in [7, 11) is 0. The molecular formula is C13H11F2N3O. The number of nitrogens with zero attached hydrogens (tertiary/aromatic N) is 2. The first kappa shape index (κ1) is 13.1. The maximum absolute atomic E-state index is 13.0. The summed E-state index contributed by atoms with van der Waals surface area (Å²) >= 11 is 0. The molecule has 19 heavy (non-hydrogen) atoms. The minimum atomic E-state index is -1.04. The Labute approximate surface area is 108 Å². The van der Waals surface area contributed by atoms with Gasteiger partial charge in [-0.25, -0.2) is 18.7 Å². The molecule has 6 heteroatoms. The molecule has 0 bridgehead atoms. The molecule has 2 rings (SSSR count). The molecule has 0 saturated carbocycles. The summed E-state index contributed by atoms with van der Waals surface area (Å²) in [5, 5.41) is 2.61. The van der Waals surface area contributed by atoms with Gasteiger partial charge < -0.3 is 5.32 Å². The van der Waals surface area contributed by atoms with Gasteiger partial charge >= 0.3 is 0 Å². The Morgan fingerprint density at radius 3 is 2.58 bits per heavy atom. The maximum atomic E-state index is 13.0. The third kappa shape index (κ3) is 3.54. The van der Waals surface area contributed by atoms with Gasteiger partial charge in [0, 0.05) is 24.5 Å². The molecule has 4 nitrogen and oxygen atoms in total. The van der Waals surface area contributed by atoms with Crippen molar-refractivity contribution in [2.24, 2.45) is 0 Å². The molecule has 0 radical (unpaired) electrons. The Balaban J connectivity index is 1.89. The molecule has 0 atom stereocenters. The fourth-order valence-corrected chi connectivity index (χ4v) is 1.52. The van der Waals surface area contributed by atoms with Gasteiger partial charge in [0.15, 0.2) is 11.6 Å². The lowest BCUT2D eigenvalue weighted by atomic mass is 10.2. The molecule has 1 N–H and O–H groups in total. The first-order valence-electron chi connectivity index (χ1n) is 5.64. The molecule has 1 heterocycles. The van der Waals surface area contributed by atoms with Gasteiger partial charge in [-0.15, -0.1) is 0 Å². The number of nitrogens with one attached hydrogen (secondary N) is 1. The van der Waals surface area contributed by atoms with Crippen molar-refractivity contribution in [3.05, 3.63) is 59.7 Å². The summed E-state index contributed by atoms with van der Waals surface area (Å²) in [6, 6.07) is 3.03. The largest absolute Gasteiger partial charge is 0.352 e. The van der Waals surface area contributed by atoms with Crippen LogP contribution in [0.5, 0.6) is 0 Å². The molecule has 0 unspecified atom stereocenters. The minimum Gasteiger partial charge on any atom is -0.352 e. The van der Waals surface area contributed by atoms with E-state index in [0.29, 0.717) is 13.0 Å². The fraction of sp³-hybridized carbons (Fsp3) is 0.154. The van der Waals surface area contributed by atoms with Crippen LogP contribution in [0.4, 0.5) is 8.78 Å². The van der Waals surface area contributed by atoms with Crippen molar-refractivity contribution in [1.29, 1.82) is 0 Å². The van der Waals surface area contributed by atoms with Gasteiger partial charge in [0.25, 0.3) is 5.91 Å². The lowest BCUT2D eigenvalue weighted by Crippen LogP contribution is -2.25. The van der Waals surface area contributed by atoms with Gasteiger partial charge in [0.1, 0.15) is 6.33 Å². The standard InChI is InChI=1S/C13H11F2N3O/c14-11-2-1-10(5-12(11)15)13(19)18-4-3-9-6-16-8-17-7-9/h1-2,5-8H,3-4H2,(H,18,19). The molecule has 1 amide bonds. The van der Waals surface area contributed by atoms with Crippen LogP contribution in [0, 0.1) is 11.6 Å². The lowest BCUT2D eigenvalue weighted by molar-refractivity contribution is 0.0953. The second kappa shape index (κ2) is 5.99. The number of hydrogen-bond acceptors (Lipinski definition) is 3. The van der Waals surface area contributed by atoms with Gasteiger partial charge in [0.2, 0.25) is 0 Å². The van der Waals surface area contributed by atoms with Crippen molar-refractivity contribution in [3.8, 4) is 0 Å². The van der Waals surface area contributed by atoms with Crippen molar-refractivity contribution in [1.82, 2.24) is 15.3 Å². The van der Waals surface area contributed by atoms with Gasteiger partial charge in [-0.3, -0.25) is 4.79 Å². The van der Waals surface area contributed by atoms with E-state index in [2.05, 4.69) is 15.3 Å². The molecule has 1 aromatic carbocycles. The van der Waals surface area contributed by atoms with E-state index >= 15 is 0 Å². The smallest absolute Gasteiger partial charge is 0.251 e. The van der Waals surface area contributed by atoms with E-state index < -0.39 is 17.5 Å². The highest BCUT2D eigenvalue weighted by Crippen LogP contribution is 2.08. The Bertz CT molecular complexity index is 575. The van der Waals surface area contributed by atoms with Crippen LogP contribution in [0.2, 0.25) is 0 Å². The zero-order valence-corrected chi connectivity index (χ0v) is 9.94. The third-order valence-corrected chi connectivity index (χ3v) is 2.50. The molecular weight excluding hydrogens is 252 g/mol. The summed E-state index contributed by atoms with van der Waals surface area (Å²) in [5.41, 5.74) is 0.969. The highest BCUT2D eigenvalue weighted by Gasteiger charge is 2.09. The van der Waals surface area contributed by atoms with Crippen molar-refractivity contribution < 1.29 is 13.6 Å². The van der Waals surface area contributed by atoms with E-state index in [1.807, 2.05) is 0 Å². The second-order valence-corrected chi connectivity index (χ2v) is 3.88. The zero-order chi connectivity index (χ0) is 13.7. The quantitative estimate of drug-likeness (QED) is 0.914. The average molecular weight is 263 g/mol. The fourth-order valence-electron chi connectivity index (χ4n) is 1.52. The number of aromatic nitrogens is 2. The Kier molecular flexibility index (Phi) is 4.12. The molecule has 1 aromatic heterocycles. The van der Waals surface area contributed by atoms with E-state index in [0.717, 1.165) is 17.7 Å².